The Hall–Kier alpha value is -2.06. The van der Waals surface area contributed by atoms with Crippen LogP contribution in [0.25, 0.3) is 0 Å². The van der Waals surface area contributed by atoms with E-state index in [0.717, 1.165) is 32.0 Å². The summed E-state index contributed by atoms with van der Waals surface area (Å²) in [4.78, 5) is 16.4. The Balaban J connectivity index is 0.00000208. The van der Waals surface area contributed by atoms with Gasteiger partial charge in [-0.3, -0.25) is 10.1 Å². The van der Waals surface area contributed by atoms with E-state index in [4.69, 9.17) is 0 Å². The number of anilines is 1. The van der Waals surface area contributed by atoms with Gasteiger partial charge >= 0.3 is 0 Å². The van der Waals surface area contributed by atoms with Crippen LogP contribution in [0.4, 0.5) is 14.7 Å². The Morgan fingerprint density at radius 1 is 1.33 bits per heavy atom. The quantitative estimate of drug-likeness (QED) is 0.883. The Morgan fingerprint density at radius 2 is 2.04 bits per heavy atom. The number of amides is 1. The fourth-order valence-electron chi connectivity index (χ4n) is 2.61. The topological polar surface area (TPSA) is 71.8 Å². The molecule has 1 fully saturated rings. The molecular weight excluding hydrogens is 340 g/mol. The van der Waals surface area contributed by atoms with Gasteiger partial charge in [0.1, 0.15) is 0 Å². The number of aromatic nitrogens is 3. The summed E-state index contributed by atoms with van der Waals surface area (Å²) >= 11 is 0. The van der Waals surface area contributed by atoms with Crippen molar-refractivity contribution in [3.05, 3.63) is 41.2 Å². The largest absolute Gasteiger partial charge is 0.317 e. The molecule has 130 valence electrons. The van der Waals surface area contributed by atoms with Gasteiger partial charge in [0.05, 0.1) is 5.56 Å². The molecule has 2 N–H and O–H groups in total. The van der Waals surface area contributed by atoms with Gasteiger partial charge < -0.3 is 5.32 Å². The lowest BCUT2D eigenvalue weighted by molar-refractivity contribution is 0.102. The molecule has 1 aliphatic heterocycles. The average molecular weight is 358 g/mol. The van der Waals surface area contributed by atoms with Gasteiger partial charge in [-0.1, -0.05) is 6.07 Å². The maximum absolute atomic E-state index is 13.7. The van der Waals surface area contributed by atoms with Crippen molar-refractivity contribution in [2.24, 2.45) is 7.05 Å². The molecule has 0 unspecified atom stereocenters. The summed E-state index contributed by atoms with van der Waals surface area (Å²) in [6, 6.07) is 3.46. The molecule has 6 nitrogen and oxygen atoms in total. The minimum absolute atomic E-state index is 0. The van der Waals surface area contributed by atoms with Crippen molar-refractivity contribution in [3.63, 3.8) is 0 Å². The van der Waals surface area contributed by atoms with Crippen LogP contribution < -0.4 is 10.6 Å². The minimum atomic E-state index is -1.18. The lowest BCUT2D eigenvalue weighted by atomic mass is 9.98. The first-order valence-electron chi connectivity index (χ1n) is 7.43. The molecule has 24 heavy (non-hydrogen) atoms. The zero-order valence-electron chi connectivity index (χ0n) is 13.1. The van der Waals surface area contributed by atoms with E-state index in [9.17, 15) is 13.6 Å². The highest BCUT2D eigenvalue weighted by atomic mass is 35.5. The molecule has 0 radical (unpaired) electrons. The van der Waals surface area contributed by atoms with E-state index in [1.54, 1.807) is 7.05 Å². The molecule has 1 aliphatic rings. The molecule has 1 saturated heterocycles. The maximum Gasteiger partial charge on any atom is 0.261 e. The van der Waals surface area contributed by atoms with Crippen LogP contribution in [0.3, 0.4) is 0 Å². The molecule has 0 aliphatic carbocycles. The number of aryl methyl sites for hydroxylation is 1. The van der Waals surface area contributed by atoms with Crippen molar-refractivity contribution in [1.82, 2.24) is 20.1 Å². The molecule has 1 amide bonds. The molecule has 3 rings (SSSR count). The number of piperidine rings is 1. The lowest BCUT2D eigenvalue weighted by Crippen LogP contribution is -2.27. The Bertz CT molecular complexity index is 731. The highest BCUT2D eigenvalue weighted by Crippen LogP contribution is 2.23. The molecule has 0 bridgehead atoms. The van der Waals surface area contributed by atoms with Gasteiger partial charge in [-0.2, -0.15) is 10.1 Å². The summed E-state index contributed by atoms with van der Waals surface area (Å²) in [5.74, 6) is -1.89. The van der Waals surface area contributed by atoms with E-state index in [-0.39, 0.29) is 29.8 Å². The van der Waals surface area contributed by atoms with Gasteiger partial charge in [-0.05, 0) is 38.1 Å². The van der Waals surface area contributed by atoms with Gasteiger partial charge in [0.25, 0.3) is 5.91 Å². The number of hydrogen-bond acceptors (Lipinski definition) is 4. The molecule has 9 heteroatoms. The summed E-state index contributed by atoms with van der Waals surface area (Å²) in [7, 11) is 1.65. The predicted octanol–water partition coefficient (Wildman–Crippen LogP) is 2.23. The van der Waals surface area contributed by atoms with Crippen LogP contribution in [0.2, 0.25) is 0 Å². The van der Waals surface area contributed by atoms with Crippen LogP contribution in [0.1, 0.15) is 34.9 Å². The highest BCUT2D eigenvalue weighted by molar-refractivity contribution is 6.03. The molecule has 0 saturated carbocycles. The van der Waals surface area contributed by atoms with Crippen LogP contribution in [0.15, 0.2) is 18.2 Å². The monoisotopic (exact) mass is 357 g/mol. The van der Waals surface area contributed by atoms with Crippen molar-refractivity contribution < 1.29 is 13.6 Å². The first-order chi connectivity index (χ1) is 11.1. The summed E-state index contributed by atoms with van der Waals surface area (Å²) < 4.78 is 28.3. The SMILES string of the molecule is Cl.Cn1nc(C2CCNCC2)nc1NC(=O)c1cccc(F)c1F. The van der Waals surface area contributed by atoms with Crippen molar-refractivity contribution in [3.8, 4) is 0 Å². The highest BCUT2D eigenvalue weighted by Gasteiger charge is 2.22. The van der Waals surface area contributed by atoms with E-state index in [1.807, 2.05) is 0 Å². The third-order valence-electron chi connectivity index (χ3n) is 3.91. The van der Waals surface area contributed by atoms with Crippen LogP contribution in [-0.2, 0) is 7.05 Å². The van der Waals surface area contributed by atoms with Crippen LogP contribution in [0.5, 0.6) is 0 Å². The summed E-state index contributed by atoms with van der Waals surface area (Å²) in [5.41, 5.74) is -0.364. The van der Waals surface area contributed by atoms with Gasteiger partial charge in [0.2, 0.25) is 5.95 Å². The van der Waals surface area contributed by atoms with Gasteiger partial charge in [0.15, 0.2) is 17.5 Å². The second kappa shape index (κ2) is 7.67. The van der Waals surface area contributed by atoms with E-state index in [0.29, 0.717) is 5.82 Å². The van der Waals surface area contributed by atoms with Crippen molar-refractivity contribution in [2.45, 2.75) is 18.8 Å². The molecular formula is C15H18ClF2N5O. The van der Waals surface area contributed by atoms with Gasteiger partial charge in [-0.15, -0.1) is 12.4 Å². The second-order valence-corrected chi connectivity index (χ2v) is 5.50. The number of halogens is 3. The summed E-state index contributed by atoms with van der Waals surface area (Å²) in [5, 5.41) is 10.1. The van der Waals surface area contributed by atoms with Crippen LogP contribution in [0, 0.1) is 11.6 Å². The number of nitrogens with one attached hydrogen (secondary N) is 2. The fourth-order valence-corrected chi connectivity index (χ4v) is 2.61. The van der Waals surface area contributed by atoms with Crippen molar-refractivity contribution in [1.29, 1.82) is 0 Å². The van der Waals surface area contributed by atoms with E-state index < -0.39 is 17.5 Å². The van der Waals surface area contributed by atoms with E-state index in [2.05, 4.69) is 20.7 Å². The smallest absolute Gasteiger partial charge is 0.261 e. The molecule has 2 aromatic rings. The Kier molecular flexibility index (Phi) is 5.84. The zero-order valence-corrected chi connectivity index (χ0v) is 13.9. The first kappa shape index (κ1) is 18.3. The molecule has 2 heterocycles. The number of benzene rings is 1. The van der Waals surface area contributed by atoms with Crippen LogP contribution in [-0.4, -0.2) is 33.8 Å². The average Bonchev–Trinajstić information content (AvgIpc) is 2.92. The summed E-state index contributed by atoms with van der Waals surface area (Å²) in [6.07, 6.45) is 1.85. The predicted molar refractivity (Wildman–Crippen MR) is 87.4 cm³/mol. The van der Waals surface area contributed by atoms with E-state index >= 15 is 0 Å². The second-order valence-electron chi connectivity index (χ2n) is 5.50. The number of nitrogens with zero attached hydrogens (tertiary/aromatic N) is 3. The standard InChI is InChI=1S/C15H17F2N5O.ClH/c1-22-15(19-13(21-22)9-5-7-18-8-6-9)20-14(23)10-3-2-4-11(16)12(10)17;/h2-4,9,18H,5-8H2,1H3,(H,19,20,21,23);1H. The molecule has 0 atom stereocenters. The normalized spacial score (nSPS) is 15.0. The molecule has 1 aromatic heterocycles. The number of rotatable bonds is 3. The third kappa shape index (κ3) is 3.70. The van der Waals surface area contributed by atoms with E-state index in [1.165, 1.54) is 16.8 Å². The number of hydrogen-bond donors (Lipinski definition) is 2. The third-order valence-corrected chi connectivity index (χ3v) is 3.91. The Labute approximate surface area is 144 Å². The lowest BCUT2D eigenvalue weighted by Gasteiger charge is -2.19. The van der Waals surface area contributed by atoms with Gasteiger partial charge in [-0.25, -0.2) is 13.5 Å². The van der Waals surface area contributed by atoms with Crippen molar-refractivity contribution >= 4 is 24.3 Å². The number of carbonyl (C=O) groups is 1. The van der Waals surface area contributed by atoms with Crippen LogP contribution >= 0.6 is 12.4 Å². The minimum Gasteiger partial charge on any atom is -0.317 e. The van der Waals surface area contributed by atoms with Crippen molar-refractivity contribution in [2.75, 3.05) is 18.4 Å². The van der Waals surface area contributed by atoms with Gasteiger partial charge in [0, 0.05) is 13.0 Å². The molecule has 0 spiro atoms. The fraction of sp³-hybridized carbons (Fsp3) is 0.400. The maximum atomic E-state index is 13.7. The first-order valence-corrected chi connectivity index (χ1v) is 7.43. The summed E-state index contributed by atoms with van der Waals surface area (Å²) in [6.45, 7) is 1.80. The Morgan fingerprint density at radius 3 is 2.75 bits per heavy atom. The zero-order chi connectivity index (χ0) is 16.4. The number of carbonyl (C=O) groups excluding carboxylic acids is 1. The molecule has 1 aromatic carbocycles.